The van der Waals surface area contributed by atoms with Gasteiger partial charge in [0.2, 0.25) is 5.90 Å². The topological polar surface area (TPSA) is 34.5 Å². The molecule has 3 rings (SSSR count). The van der Waals surface area contributed by atoms with Crippen LogP contribution in [0, 0.1) is 6.92 Å². The number of benzene rings is 1. The van der Waals surface area contributed by atoms with E-state index in [1.807, 2.05) is 31.2 Å². The third-order valence-electron chi connectivity index (χ3n) is 3.13. The third kappa shape index (κ3) is 2.81. The van der Waals surface area contributed by atoms with E-state index in [4.69, 9.17) is 4.74 Å². The van der Waals surface area contributed by atoms with Gasteiger partial charge in [0.25, 0.3) is 0 Å². The summed E-state index contributed by atoms with van der Waals surface area (Å²) in [5.41, 5.74) is 3.10. The number of aromatic nitrogens is 1. The van der Waals surface area contributed by atoms with Crippen LogP contribution < -0.4 is 0 Å². The van der Waals surface area contributed by atoms with Crippen molar-refractivity contribution in [1.29, 1.82) is 0 Å². The van der Waals surface area contributed by atoms with Crippen molar-refractivity contribution < 1.29 is 4.74 Å². The van der Waals surface area contributed by atoms with Crippen molar-refractivity contribution in [3.05, 3.63) is 65.5 Å². The SMILES string of the molecule is Cc1cccc(C2=NC(Cc3ccccc3)CO2)n1. The van der Waals surface area contributed by atoms with Gasteiger partial charge in [-0.2, -0.15) is 0 Å². The molecule has 1 aliphatic rings. The van der Waals surface area contributed by atoms with Gasteiger partial charge in [-0.05, 0) is 31.0 Å². The Labute approximate surface area is 113 Å². The highest BCUT2D eigenvalue weighted by Gasteiger charge is 2.21. The molecule has 1 atom stereocenters. The minimum Gasteiger partial charge on any atom is -0.474 e. The molecule has 0 spiro atoms. The summed E-state index contributed by atoms with van der Waals surface area (Å²) in [6, 6.07) is 16.5. The van der Waals surface area contributed by atoms with Crippen LogP contribution in [-0.4, -0.2) is 23.5 Å². The van der Waals surface area contributed by atoms with Crippen LogP contribution in [-0.2, 0) is 11.2 Å². The molecule has 0 aliphatic carbocycles. The highest BCUT2D eigenvalue weighted by atomic mass is 16.5. The molecule has 2 heterocycles. The lowest BCUT2D eigenvalue weighted by atomic mass is 10.1. The average molecular weight is 252 g/mol. The molecule has 0 amide bonds. The van der Waals surface area contributed by atoms with Crippen molar-refractivity contribution in [2.75, 3.05) is 6.61 Å². The maximum absolute atomic E-state index is 5.67. The normalized spacial score (nSPS) is 17.9. The lowest BCUT2D eigenvalue weighted by Crippen LogP contribution is -2.09. The zero-order chi connectivity index (χ0) is 13.1. The quantitative estimate of drug-likeness (QED) is 0.841. The zero-order valence-electron chi connectivity index (χ0n) is 10.9. The van der Waals surface area contributed by atoms with Gasteiger partial charge in [0.15, 0.2) is 0 Å². The highest BCUT2D eigenvalue weighted by molar-refractivity contribution is 5.93. The Morgan fingerprint density at radius 3 is 2.74 bits per heavy atom. The van der Waals surface area contributed by atoms with Crippen molar-refractivity contribution in [2.45, 2.75) is 19.4 Å². The Hall–Kier alpha value is -2.16. The van der Waals surface area contributed by atoms with Crippen LogP contribution in [0.2, 0.25) is 0 Å². The summed E-state index contributed by atoms with van der Waals surface area (Å²) in [5.74, 6) is 0.671. The molecule has 1 aromatic carbocycles. The van der Waals surface area contributed by atoms with Crippen LogP contribution >= 0.6 is 0 Å². The second kappa shape index (κ2) is 5.22. The van der Waals surface area contributed by atoms with Gasteiger partial charge in [-0.15, -0.1) is 0 Å². The molecular weight excluding hydrogens is 236 g/mol. The van der Waals surface area contributed by atoms with E-state index in [0.717, 1.165) is 17.8 Å². The first-order valence-corrected chi connectivity index (χ1v) is 6.50. The predicted octanol–water partition coefficient (Wildman–Crippen LogP) is 2.78. The fraction of sp³-hybridized carbons (Fsp3) is 0.250. The number of ether oxygens (including phenoxy) is 1. The summed E-state index contributed by atoms with van der Waals surface area (Å²) in [6.07, 6.45) is 0.913. The minimum atomic E-state index is 0.194. The van der Waals surface area contributed by atoms with Gasteiger partial charge in [-0.3, -0.25) is 0 Å². The molecule has 1 unspecified atom stereocenters. The maximum Gasteiger partial charge on any atom is 0.235 e. The molecule has 0 N–H and O–H groups in total. The van der Waals surface area contributed by atoms with Gasteiger partial charge in [0.05, 0.1) is 6.04 Å². The predicted molar refractivity (Wildman–Crippen MR) is 75.4 cm³/mol. The summed E-state index contributed by atoms with van der Waals surface area (Å²) in [4.78, 5) is 9.07. The van der Waals surface area contributed by atoms with E-state index < -0.39 is 0 Å². The van der Waals surface area contributed by atoms with Gasteiger partial charge < -0.3 is 4.74 Å². The number of aryl methyl sites for hydroxylation is 1. The Morgan fingerprint density at radius 2 is 1.95 bits per heavy atom. The summed E-state index contributed by atoms with van der Waals surface area (Å²) in [5, 5.41) is 0. The lowest BCUT2D eigenvalue weighted by molar-refractivity contribution is 0.316. The molecule has 0 saturated heterocycles. The number of nitrogens with zero attached hydrogens (tertiary/aromatic N) is 2. The number of aliphatic imine (C=N–C) groups is 1. The van der Waals surface area contributed by atoms with Crippen LogP contribution in [0.4, 0.5) is 0 Å². The molecule has 19 heavy (non-hydrogen) atoms. The van der Waals surface area contributed by atoms with Crippen molar-refractivity contribution in [1.82, 2.24) is 4.98 Å². The molecule has 0 fully saturated rings. The molecule has 0 saturated carbocycles. The van der Waals surface area contributed by atoms with E-state index in [1.54, 1.807) is 0 Å². The fourth-order valence-electron chi connectivity index (χ4n) is 2.21. The largest absolute Gasteiger partial charge is 0.474 e. The lowest BCUT2D eigenvalue weighted by Gasteiger charge is -2.03. The summed E-state index contributed by atoms with van der Waals surface area (Å²) in [7, 11) is 0. The van der Waals surface area contributed by atoms with E-state index in [1.165, 1.54) is 5.56 Å². The maximum atomic E-state index is 5.67. The Bertz CT molecular complexity index is 593. The first-order chi connectivity index (χ1) is 9.31. The first-order valence-electron chi connectivity index (χ1n) is 6.50. The van der Waals surface area contributed by atoms with E-state index in [0.29, 0.717) is 12.5 Å². The minimum absolute atomic E-state index is 0.194. The molecule has 3 heteroatoms. The van der Waals surface area contributed by atoms with E-state index in [9.17, 15) is 0 Å². The van der Waals surface area contributed by atoms with Crippen LogP contribution in [0.3, 0.4) is 0 Å². The molecule has 96 valence electrons. The van der Waals surface area contributed by atoms with Crippen molar-refractivity contribution in [2.24, 2.45) is 4.99 Å². The molecular formula is C16H16N2O. The van der Waals surface area contributed by atoms with E-state index in [2.05, 4.69) is 34.2 Å². The van der Waals surface area contributed by atoms with Gasteiger partial charge >= 0.3 is 0 Å². The van der Waals surface area contributed by atoms with E-state index >= 15 is 0 Å². The number of rotatable bonds is 3. The monoisotopic (exact) mass is 252 g/mol. The number of hydrogen-bond acceptors (Lipinski definition) is 3. The third-order valence-corrected chi connectivity index (χ3v) is 3.13. The molecule has 1 aromatic heterocycles. The number of pyridine rings is 1. The highest BCUT2D eigenvalue weighted by Crippen LogP contribution is 2.15. The Kier molecular flexibility index (Phi) is 3.27. The van der Waals surface area contributed by atoms with Gasteiger partial charge in [-0.25, -0.2) is 9.98 Å². The molecule has 2 aromatic rings. The second-order valence-corrected chi connectivity index (χ2v) is 4.75. The summed E-state index contributed by atoms with van der Waals surface area (Å²) in [6.45, 7) is 2.61. The van der Waals surface area contributed by atoms with Crippen LogP contribution in [0.5, 0.6) is 0 Å². The average Bonchev–Trinajstić information content (AvgIpc) is 2.88. The van der Waals surface area contributed by atoms with Crippen LogP contribution in [0.25, 0.3) is 0 Å². The molecule has 1 aliphatic heterocycles. The van der Waals surface area contributed by atoms with Crippen LogP contribution in [0.1, 0.15) is 17.0 Å². The van der Waals surface area contributed by atoms with Gasteiger partial charge in [0.1, 0.15) is 12.3 Å². The molecule has 0 radical (unpaired) electrons. The zero-order valence-corrected chi connectivity index (χ0v) is 10.9. The van der Waals surface area contributed by atoms with Crippen molar-refractivity contribution >= 4 is 5.90 Å². The summed E-state index contributed by atoms with van der Waals surface area (Å²) >= 11 is 0. The first kappa shape index (κ1) is 11.9. The second-order valence-electron chi connectivity index (χ2n) is 4.75. The van der Waals surface area contributed by atoms with Crippen molar-refractivity contribution in [3.8, 4) is 0 Å². The standard InChI is InChI=1S/C16H16N2O/c1-12-6-5-9-15(17-12)16-18-14(11-19-16)10-13-7-3-2-4-8-13/h2-9,14H,10-11H2,1H3. The summed E-state index contributed by atoms with van der Waals surface area (Å²) < 4.78 is 5.67. The van der Waals surface area contributed by atoms with Gasteiger partial charge in [-0.1, -0.05) is 36.4 Å². The molecule has 3 nitrogen and oxygen atoms in total. The van der Waals surface area contributed by atoms with E-state index in [-0.39, 0.29) is 6.04 Å². The fourth-order valence-corrected chi connectivity index (χ4v) is 2.21. The van der Waals surface area contributed by atoms with Crippen LogP contribution in [0.15, 0.2) is 53.5 Å². The van der Waals surface area contributed by atoms with Gasteiger partial charge in [0, 0.05) is 5.69 Å². The molecule has 0 bridgehead atoms. The smallest absolute Gasteiger partial charge is 0.235 e. The Morgan fingerprint density at radius 1 is 1.11 bits per heavy atom. The van der Waals surface area contributed by atoms with Crippen molar-refractivity contribution in [3.63, 3.8) is 0 Å². The Balaban J connectivity index is 1.74. The number of hydrogen-bond donors (Lipinski definition) is 0.